The highest BCUT2D eigenvalue weighted by Gasteiger charge is 2.32. The first-order valence-electron chi connectivity index (χ1n) is 8.65. The van der Waals surface area contributed by atoms with Gasteiger partial charge in [-0.15, -0.1) is 0 Å². The summed E-state index contributed by atoms with van der Waals surface area (Å²) in [4.78, 5) is 26.4. The van der Waals surface area contributed by atoms with Gasteiger partial charge in [0, 0.05) is 32.3 Å². The summed E-state index contributed by atoms with van der Waals surface area (Å²) in [6.45, 7) is 1.89. The highest BCUT2D eigenvalue weighted by atomic mass is 19.1. The lowest BCUT2D eigenvalue weighted by atomic mass is 10.0. The number of hydrogen-bond donors (Lipinski definition) is 1. The molecule has 0 saturated carbocycles. The zero-order chi connectivity index (χ0) is 19.6. The van der Waals surface area contributed by atoms with Gasteiger partial charge in [0.15, 0.2) is 0 Å². The molecular formula is C20H22FN3O3. The molecule has 6 nitrogen and oxygen atoms in total. The molecule has 0 radical (unpaired) electrons. The van der Waals surface area contributed by atoms with Crippen LogP contribution in [-0.2, 0) is 9.53 Å². The number of cyclic esters (lactones) is 1. The molecule has 7 heteroatoms. The Morgan fingerprint density at radius 2 is 1.96 bits per heavy atom. The predicted octanol–water partition coefficient (Wildman–Crippen LogP) is 3.02. The minimum atomic E-state index is -0.548. The lowest BCUT2D eigenvalue weighted by Crippen LogP contribution is -2.33. The largest absolute Gasteiger partial charge is 0.442 e. The second-order valence-electron chi connectivity index (χ2n) is 6.66. The number of rotatable bonds is 5. The lowest BCUT2D eigenvalue weighted by Gasteiger charge is -2.15. The minimum Gasteiger partial charge on any atom is -0.442 e. The molecule has 1 unspecified atom stereocenters. The summed E-state index contributed by atoms with van der Waals surface area (Å²) in [7, 11) is 3.89. The van der Waals surface area contributed by atoms with Crippen LogP contribution in [0.15, 0.2) is 42.5 Å². The van der Waals surface area contributed by atoms with Crippen molar-refractivity contribution in [1.82, 2.24) is 5.32 Å². The monoisotopic (exact) mass is 371 g/mol. The Labute approximate surface area is 157 Å². The van der Waals surface area contributed by atoms with Gasteiger partial charge in [-0.1, -0.05) is 12.1 Å². The number of nitrogens with one attached hydrogen (secondary N) is 1. The number of amides is 2. The summed E-state index contributed by atoms with van der Waals surface area (Å²) >= 11 is 0. The Kier molecular flexibility index (Phi) is 5.30. The third-order valence-corrected chi connectivity index (χ3v) is 4.41. The number of ether oxygens (including phenoxy) is 1. The molecule has 0 spiro atoms. The molecule has 2 aromatic rings. The van der Waals surface area contributed by atoms with Crippen LogP contribution in [0.5, 0.6) is 0 Å². The van der Waals surface area contributed by atoms with Crippen molar-refractivity contribution in [3.8, 4) is 11.1 Å². The van der Waals surface area contributed by atoms with Crippen molar-refractivity contribution in [1.29, 1.82) is 0 Å². The third-order valence-electron chi connectivity index (χ3n) is 4.41. The molecule has 142 valence electrons. The van der Waals surface area contributed by atoms with Gasteiger partial charge in [-0.3, -0.25) is 9.69 Å². The number of benzene rings is 2. The van der Waals surface area contributed by atoms with E-state index in [1.165, 1.54) is 17.9 Å². The highest BCUT2D eigenvalue weighted by molar-refractivity contribution is 5.90. The Hall–Kier alpha value is -3.09. The van der Waals surface area contributed by atoms with Crippen LogP contribution in [0.4, 0.5) is 20.6 Å². The maximum absolute atomic E-state index is 14.7. The van der Waals surface area contributed by atoms with E-state index in [1.807, 2.05) is 43.3 Å². The Morgan fingerprint density at radius 3 is 2.56 bits per heavy atom. The Balaban J connectivity index is 1.76. The van der Waals surface area contributed by atoms with E-state index in [-0.39, 0.29) is 19.0 Å². The van der Waals surface area contributed by atoms with Crippen molar-refractivity contribution in [3.05, 3.63) is 48.3 Å². The Morgan fingerprint density at radius 1 is 1.26 bits per heavy atom. The number of anilines is 2. The molecule has 1 atom stereocenters. The van der Waals surface area contributed by atoms with Crippen LogP contribution in [0.1, 0.15) is 6.92 Å². The van der Waals surface area contributed by atoms with E-state index in [0.717, 1.165) is 11.3 Å². The van der Waals surface area contributed by atoms with Crippen LogP contribution >= 0.6 is 0 Å². The summed E-state index contributed by atoms with van der Waals surface area (Å²) in [6, 6.07) is 12.3. The number of nitrogens with zero attached hydrogens (tertiary/aromatic N) is 2. The standard InChI is InChI=1S/C20H22FN3O3/c1-13(25)22-11-17-12-24(20(26)27-17)16-8-9-18(19(21)10-16)14-4-6-15(7-5-14)23(2)3/h4-10,17H,11-12H2,1-3H3,(H,22,25). The first-order chi connectivity index (χ1) is 12.8. The zero-order valence-corrected chi connectivity index (χ0v) is 15.5. The summed E-state index contributed by atoms with van der Waals surface area (Å²) in [5, 5.41) is 2.61. The molecule has 2 aromatic carbocycles. The van der Waals surface area contributed by atoms with Crippen LogP contribution in [-0.4, -0.2) is 45.3 Å². The van der Waals surface area contributed by atoms with Gasteiger partial charge in [-0.05, 0) is 35.9 Å². The summed E-state index contributed by atoms with van der Waals surface area (Å²) in [5.41, 5.74) is 2.68. The predicted molar refractivity (Wildman–Crippen MR) is 102 cm³/mol. The van der Waals surface area contributed by atoms with E-state index >= 15 is 0 Å². The van der Waals surface area contributed by atoms with Gasteiger partial charge >= 0.3 is 6.09 Å². The molecule has 1 fully saturated rings. The van der Waals surface area contributed by atoms with Crippen LogP contribution in [0.3, 0.4) is 0 Å². The SMILES string of the molecule is CC(=O)NCC1CN(c2ccc(-c3ccc(N(C)C)cc3)c(F)c2)C(=O)O1. The minimum absolute atomic E-state index is 0.194. The van der Waals surface area contributed by atoms with Crippen molar-refractivity contribution in [2.75, 3.05) is 37.0 Å². The van der Waals surface area contributed by atoms with Crippen molar-refractivity contribution in [2.24, 2.45) is 0 Å². The lowest BCUT2D eigenvalue weighted by molar-refractivity contribution is -0.119. The van der Waals surface area contributed by atoms with Crippen LogP contribution in [0.25, 0.3) is 11.1 Å². The average molecular weight is 371 g/mol. The molecule has 1 N–H and O–H groups in total. The van der Waals surface area contributed by atoms with E-state index in [2.05, 4.69) is 5.32 Å². The van der Waals surface area contributed by atoms with Gasteiger partial charge < -0.3 is 15.0 Å². The maximum Gasteiger partial charge on any atom is 0.414 e. The fourth-order valence-electron chi connectivity index (χ4n) is 2.94. The van der Waals surface area contributed by atoms with Gasteiger partial charge in [0.05, 0.1) is 18.8 Å². The van der Waals surface area contributed by atoms with E-state index in [0.29, 0.717) is 11.3 Å². The molecule has 1 heterocycles. The molecule has 1 saturated heterocycles. The van der Waals surface area contributed by atoms with Gasteiger partial charge in [-0.2, -0.15) is 0 Å². The second-order valence-corrected chi connectivity index (χ2v) is 6.66. The van der Waals surface area contributed by atoms with Crippen LogP contribution in [0, 0.1) is 5.82 Å². The summed E-state index contributed by atoms with van der Waals surface area (Å²) in [6.07, 6.45) is -1.00. The molecule has 1 aliphatic heterocycles. The molecule has 1 aliphatic rings. The zero-order valence-electron chi connectivity index (χ0n) is 15.5. The number of halogens is 1. The summed E-state index contributed by atoms with van der Waals surface area (Å²) < 4.78 is 19.9. The molecular weight excluding hydrogens is 349 g/mol. The van der Waals surface area contributed by atoms with Crippen molar-refractivity contribution >= 4 is 23.4 Å². The normalized spacial score (nSPS) is 16.2. The first kappa shape index (κ1) is 18.7. The fourth-order valence-corrected chi connectivity index (χ4v) is 2.94. The van der Waals surface area contributed by atoms with Crippen LogP contribution in [0.2, 0.25) is 0 Å². The van der Waals surface area contributed by atoms with E-state index < -0.39 is 18.0 Å². The van der Waals surface area contributed by atoms with Crippen molar-refractivity contribution in [2.45, 2.75) is 13.0 Å². The van der Waals surface area contributed by atoms with Gasteiger partial charge in [-0.25, -0.2) is 9.18 Å². The van der Waals surface area contributed by atoms with Crippen molar-refractivity contribution < 1.29 is 18.7 Å². The fraction of sp³-hybridized carbons (Fsp3) is 0.300. The highest BCUT2D eigenvalue weighted by Crippen LogP contribution is 2.30. The molecule has 27 heavy (non-hydrogen) atoms. The quantitative estimate of drug-likeness (QED) is 0.878. The molecule has 0 aromatic heterocycles. The number of hydrogen-bond acceptors (Lipinski definition) is 4. The first-order valence-corrected chi connectivity index (χ1v) is 8.65. The van der Waals surface area contributed by atoms with Gasteiger partial charge in [0.1, 0.15) is 11.9 Å². The second kappa shape index (κ2) is 7.65. The molecule has 0 bridgehead atoms. The average Bonchev–Trinajstić information content (AvgIpc) is 3.01. The van der Waals surface area contributed by atoms with E-state index in [9.17, 15) is 14.0 Å². The van der Waals surface area contributed by atoms with Gasteiger partial charge in [0.2, 0.25) is 5.91 Å². The number of carbonyl (C=O) groups excluding carboxylic acids is 2. The third kappa shape index (κ3) is 4.19. The topological polar surface area (TPSA) is 61.9 Å². The summed E-state index contributed by atoms with van der Waals surface area (Å²) in [5.74, 6) is -0.608. The maximum atomic E-state index is 14.7. The molecule has 2 amide bonds. The molecule has 3 rings (SSSR count). The number of carbonyl (C=O) groups is 2. The van der Waals surface area contributed by atoms with Gasteiger partial charge in [0.25, 0.3) is 0 Å². The van der Waals surface area contributed by atoms with E-state index in [1.54, 1.807) is 12.1 Å². The van der Waals surface area contributed by atoms with Crippen molar-refractivity contribution in [3.63, 3.8) is 0 Å². The Bertz CT molecular complexity index is 852. The molecule has 0 aliphatic carbocycles. The van der Waals surface area contributed by atoms with Crippen LogP contribution < -0.4 is 15.1 Å². The van der Waals surface area contributed by atoms with E-state index in [4.69, 9.17) is 4.74 Å². The smallest absolute Gasteiger partial charge is 0.414 e.